The van der Waals surface area contributed by atoms with Crippen LogP contribution in [0.3, 0.4) is 0 Å². The normalized spacial score (nSPS) is 13.6. The number of aromatic nitrogens is 2. The minimum absolute atomic E-state index is 0.0195. The number of hydrogen-bond donors (Lipinski definition) is 0. The molecule has 7 nitrogen and oxygen atoms in total. The number of rotatable bonds is 9. The Morgan fingerprint density at radius 1 is 1.21 bits per heavy atom. The SMILES string of the molecule is CCC(C)OC(=O)OCO/C(=C(/C=NC)c1ccc(C(C)(C)C)cc1)c1c(Cl)c(C)nn1CC. The molecule has 186 valence electrons. The lowest BCUT2D eigenvalue weighted by molar-refractivity contribution is -0.0206. The van der Waals surface area contributed by atoms with Crippen molar-refractivity contribution in [1.82, 2.24) is 9.78 Å². The molecule has 0 aliphatic rings. The Bertz CT molecular complexity index is 1030. The molecule has 0 saturated carbocycles. The fraction of sp³-hybridized carbons (Fsp3) is 0.500. The van der Waals surface area contributed by atoms with E-state index in [9.17, 15) is 4.79 Å². The van der Waals surface area contributed by atoms with Crippen LogP contribution in [0.5, 0.6) is 0 Å². The summed E-state index contributed by atoms with van der Waals surface area (Å²) in [5.74, 6) is 0.415. The standard InChI is InChI=1S/C26H36ClN3O4/c1-9-17(3)34-25(31)33-16-32-24(23-22(27)18(4)29-30(23)10-2)21(15-28-8)19-11-13-20(14-12-19)26(5,6)7/h11-15,17H,9-10,16H2,1-8H3/b24-21-,28-15?. The molecule has 1 atom stereocenters. The molecule has 1 aromatic heterocycles. The molecule has 0 spiro atoms. The van der Waals surface area contributed by atoms with Gasteiger partial charge in [0.2, 0.25) is 6.79 Å². The molecule has 8 heteroatoms. The summed E-state index contributed by atoms with van der Waals surface area (Å²) in [7, 11) is 1.69. The Kier molecular flexibility index (Phi) is 9.74. The van der Waals surface area contributed by atoms with Crippen molar-refractivity contribution < 1.29 is 19.0 Å². The summed E-state index contributed by atoms with van der Waals surface area (Å²) in [6, 6.07) is 8.21. The number of carbonyl (C=O) groups excluding carboxylic acids is 1. The lowest BCUT2D eigenvalue weighted by atomic mass is 9.86. The minimum atomic E-state index is -0.791. The van der Waals surface area contributed by atoms with E-state index < -0.39 is 6.16 Å². The molecular formula is C26H36ClN3O4. The Labute approximate surface area is 207 Å². The van der Waals surface area contributed by atoms with Gasteiger partial charge in [-0.25, -0.2) is 4.79 Å². The molecule has 1 aromatic carbocycles. The van der Waals surface area contributed by atoms with E-state index >= 15 is 0 Å². The molecule has 0 fully saturated rings. The molecule has 0 aliphatic carbocycles. The van der Waals surface area contributed by atoms with Gasteiger partial charge in [-0.15, -0.1) is 0 Å². The summed E-state index contributed by atoms with van der Waals surface area (Å²) in [4.78, 5) is 16.3. The number of halogens is 1. The van der Waals surface area contributed by atoms with E-state index in [2.05, 4.69) is 43.0 Å². The van der Waals surface area contributed by atoms with Gasteiger partial charge in [0.15, 0.2) is 5.76 Å². The number of aryl methyl sites for hydroxylation is 2. The van der Waals surface area contributed by atoms with Crippen molar-refractivity contribution in [3.05, 3.63) is 51.8 Å². The van der Waals surface area contributed by atoms with Crippen LogP contribution in [0.1, 0.15) is 70.5 Å². The van der Waals surface area contributed by atoms with Gasteiger partial charge in [0.25, 0.3) is 0 Å². The second kappa shape index (κ2) is 12.1. The minimum Gasteiger partial charge on any atom is -0.454 e. The molecule has 2 rings (SSSR count). The fourth-order valence-corrected chi connectivity index (χ4v) is 3.46. The van der Waals surface area contributed by atoms with Crippen LogP contribution in [-0.2, 0) is 26.2 Å². The average Bonchev–Trinajstić information content (AvgIpc) is 3.08. The van der Waals surface area contributed by atoms with E-state index in [0.717, 1.165) is 5.56 Å². The number of hydrogen-bond acceptors (Lipinski definition) is 6. The summed E-state index contributed by atoms with van der Waals surface area (Å²) in [6.07, 6.45) is 1.36. The van der Waals surface area contributed by atoms with Gasteiger partial charge in [-0.3, -0.25) is 9.67 Å². The van der Waals surface area contributed by atoms with Crippen molar-refractivity contribution >= 4 is 35.3 Å². The van der Waals surface area contributed by atoms with Crippen LogP contribution in [0, 0.1) is 6.92 Å². The maximum atomic E-state index is 12.0. The highest BCUT2D eigenvalue weighted by Gasteiger charge is 2.23. The van der Waals surface area contributed by atoms with Gasteiger partial charge in [-0.2, -0.15) is 5.10 Å². The number of nitrogens with zero attached hydrogens (tertiary/aromatic N) is 3. The quantitative estimate of drug-likeness (QED) is 0.170. The van der Waals surface area contributed by atoms with Crippen LogP contribution in [0.4, 0.5) is 4.79 Å². The number of carbonyl (C=O) groups is 1. The molecule has 1 heterocycles. The van der Waals surface area contributed by atoms with Gasteiger partial charge in [-0.1, -0.05) is 63.6 Å². The average molecular weight is 490 g/mol. The molecule has 0 aliphatic heterocycles. The maximum absolute atomic E-state index is 12.0. The van der Waals surface area contributed by atoms with Crippen molar-refractivity contribution in [2.24, 2.45) is 4.99 Å². The largest absolute Gasteiger partial charge is 0.511 e. The lowest BCUT2D eigenvalue weighted by Gasteiger charge is -2.20. The van der Waals surface area contributed by atoms with E-state index in [1.165, 1.54) is 5.56 Å². The first-order valence-electron chi connectivity index (χ1n) is 11.5. The monoisotopic (exact) mass is 489 g/mol. The highest BCUT2D eigenvalue weighted by atomic mass is 35.5. The van der Waals surface area contributed by atoms with E-state index in [0.29, 0.717) is 40.7 Å². The van der Waals surface area contributed by atoms with Crippen LogP contribution in [-0.4, -0.2) is 42.1 Å². The number of benzene rings is 1. The first-order chi connectivity index (χ1) is 16.0. The van der Waals surface area contributed by atoms with Crippen LogP contribution < -0.4 is 0 Å². The summed E-state index contributed by atoms with van der Waals surface area (Å²) in [5, 5.41) is 4.98. The topological polar surface area (TPSA) is 74.9 Å². The third-order valence-corrected chi connectivity index (χ3v) is 5.84. The maximum Gasteiger partial charge on any atom is 0.511 e. The fourth-order valence-electron chi connectivity index (χ4n) is 3.24. The Morgan fingerprint density at radius 3 is 2.38 bits per heavy atom. The summed E-state index contributed by atoms with van der Waals surface area (Å²) < 4.78 is 18.1. The highest BCUT2D eigenvalue weighted by molar-refractivity contribution is 6.33. The van der Waals surface area contributed by atoms with Crippen molar-refractivity contribution in [1.29, 1.82) is 0 Å². The summed E-state index contributed by atoms with van der Waals surface area (Å²) in [6.45, 7) is 14.2. The van der Waals surface area contributed by atoms with Crippen LogP contribution in [0.25, 0.3) is 11.3 Å². The number of ether oxygens (including phenoxy) is 3. The second-order valence-corrected chi connectivity index (χ2v) is 9.39. The molecule has 2 aromatic rings. The van der Waals surface area contributed by atoms with Gasteiger partial charge < -0.3 is 14.2 Å². The number of aliphatic imine (C=N–C) groups is 1. The molecular weight excluding hydrogens is 454 g/mol. The predicted octanol–water partition coefficient (Wildman–Crippen LogP) is 6.66. The first kappa shape index (κ1) is 27.4. The van der Waals surface area contributed by atoms with Gasteiger partial charge in [0, 0.05) is 25.4 Å². The third-order valence-electron chi connectivity index (χ3n) is 5.39. The number of allylic oxidation sites excluding steroid dienone is 1. The van der Waals surface area contributed by atoms with Gasteiger partial charge in [-0.05, 0) is 43.7 Å². The lowest BCUT2D eigenvalue weighted by Crippen LogP contribution is -2.17. The Balaban J connectivity index is 2.56. The zero-order chi connectivity index (χ0) is 25.5. The zero-order valence-corrected chi connectivity index (χ0v) is 22.2. The van der Waals surface area contributed by atoms with Crippen molar-refractivity contribution in [2.75, 3.05) is 13.8 Å². The van der Waals surface area contributed by atoms with Gasteiger partial charge in [0.05, 0.1) is 10.7 Å². The molecule has 1 unspecified atom stereocenters. The van der Waals surface area contributed by atoms with Crippen molar-refractivity contribution in [2.45, 2.75) is 73.0 Å². The van der Waals surface area contributed by atoms with Gasteiger partial charge in [0.1, 0.15) is 11.8 Å². The highest BCUT2D eigenvalue weighted by Crippen LogP contribution is 2.34. The second-order valence-electron chi connectivity index (χ2n) is 9.01. The Hall–Kier alpha value is -2.80. The van der Waals surface area contributed by atoms with E-state index in [-0.39, 0.29) is 18.3 Å². The molecule has 34 heavy (non-hydrogen) atoms. The first-order valence-corrected chi connectivity index (χ1v) is 11.9. The van der Waals surface area contributed by atoms with E-state index in [1.54, 1.807) is 24.9 Å². The van der Waals surface area contributed by atoms with E-state index in [1.807, 2.05) is 32.9 Å². The summed E-state index contributed by atoms with van der Waals surface area (Å²) >= 11 is 6.66. The van der Waals surface area contributed by atoms with Crippen molar-refractivity contribution in [3.8, 4) is 0 Å². The van der Waals surface area contributed by atoms with Crippen LogP contribution in [0.15, 0.2) is 29.3 Å². The van der Waals surface area contributed by atoms with Crippen LogP contribution in [0.2, 0.25) is 5.02 Å². The third kappa shape index (κ3) is 6.86. The van der Waals surface area contributed by atoms with E-state index in [4.69, 9.17) is 25.8 Å². The van der Waals surface area contributed by atoms with Crippen LogP contribution >= 0.6 is 11.6 Å². The Morgan fingerprint density at radius 2 is 1.85 bits per heavy atom. The van der Waals surface area contributed by atoms with Gasteiger partial charge >= 0.3 is 6.16 Å². The molecule has 0 N–H and O–H groups in total. The molecule has 0 saturated heterocycles. The zero-order valence-electron chi connectivity index (χ0n) is 21.4. The van der Waals surface area contributed by atoms with Crippen molar-refractivity contribution in [3.63, 3.8) is 0 Å². The summed E-state index contributed by atoms with van der Waals surface area (Å²) in [5.41, 5.74) is 4.07. The molecule has 0 bridgehead atoms. The molecule has 0 amide bonds. The molecule has 0 radical (unpaired) electrons. The predicted molar refractivity (Wildman–Crippen MR) is 137 cm³/mol. The smallest absolute Gasteiger partial charge is 0.454 e.